The second-order valence-electron chi connectivity index (χ2n) is 8.51. The van der Waals surface area contributed by atoms with Crippen LogP contribution in [0.25, 0.3) is 10.9 Å². The molecule has 2 fully saturated rings. The highest BCUT2D eigenvalue weighted by Gasteiger charge is 2.44. The molecule has 157 valence electrons. The highest BCUT2D eigenvalue weighted by Crippen LogP contribution is 2.30. The van der Waals surface area contributed by atoms with E-state index in [1.807, 2.05) is 6.07 Å². The second-order valence-corrected chi connectivity index (χ2v) is 8.51. The van der Waals surface area contributed by atoms with Crippen LogP contribution in [0.15, 0.2) is 18.3 Å². The van der Waals surface area contributed by atoms with Crippen LogP contribution in [0.2, 0.25) is 0 Å². The number of primary amides is 1. The fraction of sp³-hybridized carbons (Fsp3) is 0.478. The van der Waals surface area contributed by atoms with Crippen LogP contribution in [-0.2, 0) is 11.2 Å². The van der Waals surface area contributed by atoms with Crippen LogP contribution < -0.4 is 11.1 Å². The van der Waals surface area contributed by atoms with E-state index < -0.39 is 5.91 Å². The molecule has 1 aromatic heterocycles. The molecule has 1 radical (unpaired) electrons. The lowest BCUT2D eigenvalue weighted by Crippen LogP contribution is -2.63. The van der Waals surface area contributed by atoms with Gasteiger partial charge in [-0.25, -0.2) is 4.79 Å². The molecule has 2 aliphatic rings. The minimum atomic E-state index is -0.547. The number of hydrogen-bond acceptors (Lipinski definition) is 4. The zero-order chi connectivity index (χ0) is 21.1. The van der Waals surface area contributed by atoms with Gasteiger partial charge in [0.15, 0.2) is 0 Å². The van der Waals surface area contributed by atoms with Crippen molar-refractivity contribution < 1.29 is 14.1 Å². The summed E-state index contributed by atoms with van der Waals surface area (Å²) in [5.74, 6) is -0.356. The van der Waals surface area contributed by atoms with Crippen LogP contribution in [0.1, 0.15) is 53.6 Å². The van der Waals surface area contributed by atoms with Crippen molar-refractivity contribution >= 4 is 22.7 Å². The van der Waals surface area contributed by atoms with Crippen LogP contribution in [-0.4, -0.2) is 53.5 Å². The molecule has 1 aromatic carbocycles. The lowest BCUT2D eigenvalue weighted by molar-refractivity contribution is -0.884. The summed E-state index contributed by atoms with van der Waals surface area (Å²) in [5.41, 5.74) is 7.78. The Morgan fingerprint density at radius 1 is 1.20 bits per heavy atom. The Hall–Kier alpha value is -2.69. The first-order chi connectivity index (χ1) is 14.5. The molecule has 0 saturated carbocycles. The largest absolute Gasteiger partial charge is 0.366 e. The lowest BCUT2D eigenvalue weighted by atomic mass is 9.94. The summed E-state index contributed by atoms with van der Waals surface area (Å²) in [6, 6.07) is 6.14. The molecule has 2 saturated heterocycles. The normalized spacial score (nSPS) is 19.4. The van der Waals surface area contributed by atoms with E-state index in [0.29, 0.717) is 39.0 Å². The summed E-state index contributed by atoms with van der Waals surface area (Å²) in [6.07, 6.45) is 9.25. The lowest BCUT2D eigenvalue weighted by Gasteiger charge is -2.46. The van der Waals surface area contributed by atoms with Gasteiger partial charge in [0.1, 0.15) is 6.07 Å². The number of aromatic amines is 1. The van der Waals surface area contributed by atoms with Gasteiger partial charge < -0.3 is 16.0 Å². The van der Waals surface area contributed by atoms with Crippen LogP contribution >= 0.6 is 0 Å². The molecule has 0 atom stereocenters. The van der Waals surface area contributed by atoms with Crippen molar-refractivity contribution in [1.29, 1.82) is 5.26 Å². The van der Waals surface area contributed by atoms with Crippen LogP contribution in [0.4, 0.5) is 0 Å². The number of likely N-dealkylation sites (tertiary alicyclic amines) is 1. The van der Waals surface area contributed by atoms with E-state index in [4.69, 9.17) is 5.73 Å². The van der Waals surface area contributed by atoms with Crippen LogP contribution in [0.5, 0.6) is 0 Å². The Balaban J connectivity index is 1.58. The zero-order valence-corrected chi connectivity index (χ0v) is 17.2. The Bertz CT molecular complexity index is 991. The molecule has 2 amide bonds. The molecule has 0 bridgehead atoms. The predicted octanol–water partition coefficient (Wildman–Crippen LogP) is 2.16. The van der Waals surface area contributed by atoms with E-state index in [-0.39, 0.29) is 5.91 Å². The Morgan fingerprint density at radius 2 is 1.93 bits per heavy atom. The molecule has 7 nitrogen and oxygen atoms in total. The third kappa shape index (κ3) is 3.73. The van der Waals surface area contributed by atoms with E-state index in [1.165, 1.54) is 6.42 Å². The van der Waals surface area contributed by atoms with Gasteiger partial charge in [-0.15, -0.1) is 0 Å². The van der Waals surface area contributed by atoms with Gasteiger partial charge in [-0.05, 0) is 43.4 Å². The van der Waals surface area contributed by atoms with Crippen molar-refractivity contribution in [2.75, 3.05) is 26.2 Å². The number of nitrogens with zero attached hydrogens (tertiary/aromatic N) is 2. The standard InChI is InChI=1S/C23H28N5O2/c24-14-17-15-27-22-19(17)12-16(13-20(22)23(25)30)4-5-21(29)28(10-2-1-3-11-28)18-6-8-26-9-7-18/h5,12-13,15,18,26H,1-4,6-11H2,(H2-,25,27,30)/p+1. The molecule has 0 aliphatic carbocycles. The van der Waals surface area contributed by atoms with Gasteiger partial charge in [-0.2, -0.15) is 5.26 Å². The maximum absolute atomic E-state index is 13.5. The Morgan fingerprint density at radius 3 is 2.60 bits per heavy atom. The number of nitrogens with one attached hydrogen (secondary N) is 2. The van der Waals surface area contributed by atoms with Crippen LogP contribution in [0.3, 0.4) is 0 Å². The van der Waals surface area contributed by atoms with E-state index in [0.717, 1.165) is 57.4 Å². The highest BCUT2D eigenvalue weighted by molar-refractivity contribution is 6.06. The van der Waals surface area contributed by atoms with Gasteiger partial charge in [0, 0.05) is 37.5 Å². The van der Waals surface area contributed by atoms with Crippen molar-refractivity contribution in [3.8, 4) is 6.07 Å². The maximum atomic E-state index is 13.5. The molecule has 0 unspecified atom stereocenters. The monoisotopic (exact) mass is 407 g/mol. The second kappa shape index (κ2) is 8.58. The number of hydrogen-bond donors (Lipinski definition) is 3. The number of H-pyrrole nitrogens is 1. The zero-order valence-electron chi connectivity index (χ0n) is 17.2. The van der Waals surface area contributed by atoms with Crippen molar-refractivity contribution in [1.82, 2.24) is 10.3 Å². The minimum absolute atomic E-state index is 0.192. The van der Waals surface area contributed by atoms with Crippen LogP contribution in [0, 0.1) is 17.8 Å². The van der Waals surface area contributed by atoms with Crippen molar-refractivity contribution in [2.45, 2.75) is 44.6 Å². The van der Waals surface area contributed by atoms with E-state index in [2.05, 4.69) is 16.4 Å². The number of rotatable bonds is 5. The summed E-state index contributed by atoms with van der Waals surface area (Å²) in [5, 5.41) is 13.4. The summed E-state index contributed by atoms with van der Waals surface area (Å²) in [6.45, 7) is 3.78. The highest BCUT2D eigenvalue weighted by atomic mass is 16.2. The molecule has 3 heterocycles. The van der Waals surface area contributed by atoms with E-state index in [1.54, 1.807) is 18.7 Å². The number of nitriles is 1. The summed E-state index contributed by atoms with van der Waals surface area (Å²) in [4.78, 5) is 28.4. The average molecular weight is 408 g/mol. The summed E-state index contributed by atoms with van der Waals surface area (Å²) >= 11 is 0. The molecule has 2 aromatic rings. The first-order valence-corrected chi connectivity index (χ1v) is 10.8. The molecule has 4 N–H and O–H groups in total. The number of benzene rings is 1. The van der Waals surface area contributed by atoms with Gasteiger partial charge in [-0.3, -0.25) is 9.28 Å². The average Bonchev–Trinajstić information content (AvgIpc) is 3.20. The van der Waals surface area contributed by atoms with E-state index >= 15 is 0 Å². The van der Waals surface area contributed by atoms with Crippen molar-refractivity contribution in [3.05, 3.63) is 41.4 Å². The van der Waals surface area contributed by atoms with E-state index in [9.17, 15) is 14.9 Å². The number of piperidine rings is 2. The first-order valence-electron chi connectivity index (χ1n) is 10.8. The van der Waals surface area contributed by atoms with Gasteiger partial charge in [0.2, 0.25) is 0 Å². The quantitative estimate of drug-likeness (QED) is 0.660. The maximum Gasteiger partial charge on any atom is 0.318 e. The van der Waals surface area contributed by atoms with Gasteiger partial charge >= 0.3 is 5.91 Å². The number of quaternary nitrogens is 1. The number of fused-ring (bicyclic) bond motifs is 1. The third-order valence-electron chi connectivity index (χ3n) is 6.81. The predicted molar refractivity (Wildman–Crippen MR) is 114 cm³/mol. The number of amides is 2. The van der Waals surface area contributed by atoms with Crippen molar-refractivity contribution in [3.63, 3.8) is 0 Å². The summed E-state index contributed by atoms with van der Waals surface area (Å²) < 4.78 is 0.570. The van der Waals surface area contributed by atoms with Gasteiger partial charge in [0.25, 0.3) is 5.91 Å². The fourth-order valence-electron chi connectivity index (χ4n) is 5.23. The number of carbonyl (C=O) groups excluding carboxylic acids is 2. The number of carbonyl (C=O) groups is 2. The molecule has 30 heavy (non-hydrogen) atoms. The molecule has 7 heteroatoms. The Labute approximate surface area is 176 Å². The molecular weight excluding hydrogens is 378 g/mol. The molecule has 4 rings (SSSR count). The first kappa shape index (κ1) is 20.6. The number of aromatic nitrogens is 1. The molecular formula is C23H29N5O2+. The topological polar surface area (TPSA) is 112 Å². The van der Waals surface area contributed by atoms with Gasteiger partial charge in [0.05, 0.1) is 42.2 Å². The SMILES string of the molecule is N#Cc1c[nH]c2c(C(N)=O)cc(C[CH]C(=O)[N+]3(C4CCNCC4)CCCCC3)cc12. The minimum Gasteiger partial charge on any atom is -0.366 e. The summed E-state index contributed by atoms with van der Waals surface area (Å²) in [7, 11) is 0. The smallest absolute Gasteiger partial charge is 0.318 e. The third-order valence-corrected chi connectivity index (χ3v) is 6.81. The molecule has 2 aliphatic heterocycles. The fourth-order valence-corrected chi connectivity index (χ4v) is 5.23. The molecule has 0 spiro atoms. The van der Waals surface area contributed by atoms with Gasteiger partial charge in [-0.1, -0.05) is 0 Å². The number of nitrogens with two attached hydrogens (primary N) is 1. The Kier molecular flexibility index (Phi) is 5.89. The van der Waals surface area contributed by atoms with Crippen molar-refractivity contribution in [2.24, 2.45) is 5.73 Å².